The topological polar surface area (TPSA) is 167 Å². The summed E-state index contributed by atoms with van der Waals surface area (Å²) in [6.07, 6.45) is 38.0. The second-order valence-electron chi connectivity index (χ2n) is 14.3. The lowest BCUT2D eigenvalue weighted by molar-refractivity contribution is -0.153. The summed E-state index contributed by atoms with van der Waals surface area (Å²) in [6.45, 7) is -1.01. The molecule has 0 unspecified atom stereocenters. The van der Waals surface area contributed by atoms with Gasteiger partial charge in [-0.15, -0.1) is 0 Å². The van der Waals surface area contributed by atoms with Crippen LogP contribution in [-0.4, -0.2) is 65.7 Å². The number of hydrogen-bond acceptors (Lipinski definition) is 10. The third-order valence-electron chi connectivity index (χ3n) is 9.14. The van der Waals surface area contributed by atoms with E-state index in [1.54, 1.807) is 0 Å². The van der Waals surface area contributed by atoms with Gasteiger partial charge in [-0.25, -0.2) is 0 Å². The van der Waals surface area contributed by atoms with Gasteiger partial charge in [0, 0.05) is 12.8 Å². The maximum absolute atomic E-state index is 12.3. The van der Waals surface area contributed by atoms with E-state index in [1.165, 1.54) is 89.9 Å². The van der Waals surface area contributed by atoms with Gasteiger partial charge in [-0.1, -0.05) is 141 Å². The molecule has 0 saturated heterocycles. The zero-order chi connectivity index (χ0) is 39.1. The molecular weight excluding hydrogens is 726 g/mol. The van der Waals surface area contributed by atoms with Crippen LogP contribution in [0.2, 0.25) is 0 Å². The van der Waals surface area contributed by atoms with Crippen molar-refractivity contribution in [1.82, 2.24) is 6.15 Å². The van der Waals surface area contributed by atoms with Gasteiger partial charge in [0.05, 0.1) is 26.4 Å². The summed E-state index contributed by atoms with van der Waals surface area (Å²) >= 11 is 5.02. The predicted octanol–water partition coefficient (Wildman–Crippen LogP) is 11.3. The number of carbonyl (C=O) groups excluding carboxylic acids is 2. The van der Waals surface area contributed by atoms with Crippen LogP contribution in [0.25, 0.3) is 0 Å². The van der Waals surface area contributed by atoms with Crippen LogP contribution in [0, 0.1) is 0 Å². The molecular formula is C42H82NO9PS. The van der Waals surface area contributed by atoms with Crippen molar-refractivity contribution in [1.29, 1.82) is 0 Å². The first-order valence-corrected chi connectivity index (χ1v) is 23.9. The summed E-state index contributed by atoms with van der Waals surface area (Å²) in [5.41, 5.74) is 0. The molecule has 0 amide bonds. The molecule has 0 aromatic carbocycles. The molecule has 0 aliphatic carbocycles. The zero-order valence-electron chi connectivity index (χ0n) is 34.4. The minimum absolute atomic E-state index is 0. The summed E-state index contributed by atoms with van der Waals surface area (Å²) in [4.78, 5) is 34.9. The summed E-state index contributed by atoms with van der Waals surface area (Å²) in [6, 6.07) is 0. The number of ether oxygens (including phenoxy) is 2. The first-order chi connectivity index (χ1) is 25.8. The monoisotopic (exact) mass is 808 g/mol. The standard InChI is InChI=1S/C42H79O9PS.H3N/c1-3-5-7-9-11-13-15-17-19-21-23-25-27-29-31-33-41(45)50-39(35-43)37-48-52(47,53)49-38-40(36-44)51-42(46)34-32-30-28-26-24-22-20-18-16-14-12-10-8-6-4-2;/h17-20,39-40,43-44H,3-16,21-38H2,1-2H3,(H,47,53);1H3/b19-17-,20-18-;/t39-,40-;/m1./s1. The number of aliphatic hydroxyl groups excluding tert-OH is 2. The molecule has 0 heterocycles. The number of unbranched alkanes of at least 4 members (excludes halogenated alkanes) is 22. The summed E-state index contributed by atoms with van der Waals surface area (Å²) in [5, 5.41) is 19.3. The number of rotatable bonds is 40. The van der Waals surface area contributed by atoms with E-state index in [1.807, 2.05) is 0 Å². The van der Waals surface area contributed by atoms with Crippen molar-refractivity contribution in [2.45, 2.75) is 206 Å². The average molecular weight is 808 g/mol. The van der Waals surface area contributed by atoms with Crippen LogP contribution in [0.3, 0.4) is 0 Å². The Kier molecular flexibility index (Phi) is 42.2. The van der Waals surface area contributed by atoms with Gasteiger partial charge in [0.2, 0.25) is 0 Å². The van der Waals surface area contributed by atoms with Crippen LogP contribution in [0.5, 0.6) is 0 Å². The van der Waals surface area contributed by atoms with E-state index < -0.39 is 44.1 Å². The normalized spacial score (nSPS) is 13.0. The first-order valence-electron chi connectivity index (χ1n) is 21.3. The Morgan fingerprint density at radius 3 is 1.09 bits per heavy atom. The molecule has 0 bridgehead atoms. The lowest BCUT2D eigenvalue weighted by atomic mass is 10.1. The Morgan fingerprint density at radius 1 is 0.519 bits per heavy atom. The highest BCUT2D eigenvalue weighted by molar-refractivity contribution is 8.07. The van der Waals surface area contributed by atoms with Gasteiger partial charge in [-0.05, 0) is 76.0 Å². The predicted molar refractivity (Wildman–Crippen MR) is 226 cm³/mol. The molecule has 10 nitrogen and oxygen atoms in total. The highest BCUT2D eigenvalue weighted by Crippen LogP contribution is 2.44. The van der Waals surface area contributed by atoms with Crippen LogP contribution in [0.4, 0.5) is 0 Å². The first kappa shape index (κ1) is 54.9. The zero-order valence-corrected chi connectivity index (χ0v) is 36.2. The van der Waals surface area contributed by atoms with Crippen molar-refractivity contribution in [3.63, 3.8) is 0 Å². The number of esters is 2. The van der Waals surface area contributed by atoms with Crippen molar-refractivity contribution in [3.05, 3.63) is 24.3 Å². The van der Waals surface area contributed by atoms with Gasteiger partial charge < -0.3 is 39.8 Å². The van der Waals surface area contributed by atoms with E-state index in [2.05, 4.69) is 38.2 Å². The Morgan fingerprint density at radius 2 is 0.796 bits per heavy atom. The second-order valence-corrected chi connectivity index (χ2v) is 17.2. The highest BCUT2D eigenvalue weighted by Gasteiger charge is 2.24. The molecule has 0 aromatic rings. The summed E-state index contributed by atoms with van der Waals surface area (Å²) in [5.74, 6) is -0.896. The van der Waals surface area contributed by atoms with E-state index in [9.17, 15) is 24.7 Å². The Labute approximate surface area is 335 Å². The average Bonchev–Trinajstić information content (AvgIpc) is 3.14. The molecule has 0 aliphatic rings. The fraction of sp³-hybridized carbons (Fsp3) is 0.857. The van der Waals surface area contributed by atoms with Crippen LogP contribution in [-0.2, 0) is 39.9 Å². The fourth-order valence-electron chi connectivity index (χ4n) is 5.81. The van der Waals surface area contributed by atoms with Gasteiger partial charge >= 0.3 is 18.7 Å². The number of allylic oxidation sites excluding steroid dienone is 4. The van der Waals surface area contributed by atoms with E-state index in [0.717, 1.165) is 64.2 Å². The Balaban J connectivity index is 0. The fourth-order valence-corrected chi connectivity index (χ4v) is 6.96. The third-order valence-corrected chi connectivity index (χ3v) is 10.7. The lowest BCUT2D eigenvalue weighted by Crippen LogP contribution is -2.28. The Hall–Kier alpha value is -1.17. The number of hydrogen-bond donors (Lipinski definition) is 4. The van der Waals surface area contributed by atoms with E-state index in [-0.39, 0.29) is 32.2 Å². The van der Waals surface area contributed by atoms with Crippen LogP contribution < -0.4 is 6.15 Å². The van der Waals surface area contributed by atoms with Gasteiger partial charge in [0.25, 0.3) is 0 Å². The largest absolute Gasteiger partial charge is 0.457 e. The molecule has 0 fully saturated rings. The van der Waals surface area contributed by atoms with Crippen molar-refractivity contribution >= 4 is 30.5 Å². The van der Waals surface area contributed by atoms with Crippen LogP contribution in [0.15, 0.2) is 24.3 Å². The van der Waals surface area contributed by atoms with Crippen molar-refractivity contribution in [2.75, 3.05) is 26.4 Å². The minimum atomic E-state index is -3.80. The smallest absolute Gasteiger partial charge is 0.324 e. The van der Waals surface area contributed by atoms with E-state index in [0.29, 0.717) is 12.8 Å². The maximum atomic E-state index is 12.3. The molecule has 12 heteroatoms. The molecule has 320 valence electrons. The summed E-state index contributed by atoms with van der Waals surface area (Å²) in [7, 11) is 0. The molecule has 0 saturated carbocycles. The van der Waals surface area contributed by atoms with Gasteiger partial charge in [-0.2, -0.15) is 0 Å². The van der Waals surface area contributed by atoms with Gasteiger partial charge in [0.1, 0.15) is 12.2 Å². The number of aliphatic hydroxyl groups is 2. The van der Waals surface area contributed by atoms with Gasteiger partial charge in [-0.3, -0.25) is 9.59 Å². The molecule has 0 rings (SSSR count). The van der Waals surface area contributed by atoms with Crippen molar-refractivity contribution in [2.24, 2.45) is 0 Å². The third kappa shape index (κ3) is 39.1. The maximum Gasteiger partial charge on any atom is 0.324 e. The lowest BCUT2D eigenvalue weighted by Gasteiger charge is -2.22. The van der Waals surface area contributed by atoms with Crippen molar-refractivity contribution in [3.8, 4) is 0 Å². The van der Waals surface area contributed by atoms with Crippen molar-refractivity contribution < 1.29 is 43.2 Å². The number of carbonyl (C=O) groups is 2. The molecule has 0 spiro atoms. The molecule has 0 radical (unpaired) electrons. The molecule has 54 heavy (non-hydrogen) atoms. The van der Waals surface area contributed by atoms with E-state index in [4.69, 9.17) is 30.3 Å². The second kappa shape index (κ2) is 41.5. The van der Waals surface area contributed by atoms with Crippen LogP contribution >= 0.6 is 6.72 Å². The molecule has 0 aromatic heterocycles. The Bertz CT molecular complexity index is 883. The molecule has 0 aliphatic heterocycles. The summed E-state index contributed by atoms with van der Waals surface area (Å²) < 4.78 is 21.1. The van der Waals surface area contributed by atoms with Crippen LogP contribution in [0.1, 0.15) is 194 Å². The minimum Gasteiger partial charge on any atom is -0.457 e. The molecule has 2 atom stereocenters. The van der Waals surface area contributed by atoms with Gasteiger partial charge in [0.15, 0.2) is 0 Å². The quantitative estimate of drug-likeness (QED) is 0.0201. The highest BCUT2D eigenvalue weighted by atomic mass is 32.5. The van der Waals surface area contributed by atoms with E-state index >= 15 is 0 Å². The SMILES string of the molecule is CCCCCCCC/C=C\CCCCCCCC(=O)O[C@H](CO)COP(O)(=S)OC[C@@H](CO)OC(=O)CCCCCCC/C=C\CCCCCCCC.N. The molecule has 6 N–H and O–H groups in total.